The van der Waals surface area contributed by atoms with Crippen molar-refractivity contribution in [2.75, 3.05) is 0 Å². The minimum atomic E-state index is -0.207. The Morgan fingerprint density at radius 1 is 0.905 bits per heavy atom. The molecule has 3 heterocycles. The van der Waals surface area contributed by atoms with E-state index in [2.05, 4.69) is 28.2 Å². The fourth-order valence-corrected chi connectivity index (χ4v) is 3.27. The zero-order valence-corrected chi connectivity index (χ0v) is 12.0. The van der Waals surface area contributed by atoms with Crippen molar-refractivity contribution in [2.45, 2.75) is 6.04 Å². The van der Waals surface area contributed by atoms with Crippen molar-refractivity contribution >= 4 is 32.5 Å². The molecule has 2 N–H and O–H groups in total. The summed E-state index contributed by atoms with van der Waals surface area (Å²) < 4.78 is 1.16. The predicted molar refractivity (Wildman–Crippen MR) is 87.4 cm³/mol. The summed E-state index contributed by atoms with van der Waals surface area (Å²) in [6.45, 7) is 0. The van der Waals surface area contributed by atoms with Crippen LogP contribution in [0.3, 0.4) is 0 Å². The highest BCUT2D eigenvalue weighted by Crippen LogP contribution is 2.26. The largest absolute Gasteiger partial charge is 0.320 e. The van der Waals surface area contributed by atoms with E-state index in [1.165, 1.54) is 0 Å². The number of hydrogen-bond acceptors (Lipinski definition) is 4. The lowest BCUT2D eigenvalue weighted by Crippen LogP contribution is -2.12. The SMILES string of the molecule is NC(c1cnc2ccccc2c1)c1cnc2ccsc2c1. The van der Waals surface area contributed by atoms with Gasteiger partial charge in [0, 0.05) is 17.8 Å². The van der Waals surface area contributed by atoms with Crippen LogP contribution < -0.4 is 5.73 Å². The molecule has 0 bridgehead atoms. The molecule has 0 aliphatic carbocycles. The number of rotatable bonds is 2. The summed E-state index contributed by atoms with van der Waals surface area (Å²) in [5.41, 5.74) is 10.4. The molecule has 4 aromatic rings. The summed E-state index contributed by atoms with van der Waals surface area (Å²) in [5.74, 6) is 0. The Hall–Kier alpha value is -2.30. The normalized spacial score (nSPS) is 12.8. The molecule has 3 aromatic heterocycles. The summed E-state index contributed by atoms with van der Waals surface area (Å²) in [4.78, 5) is 8.94. The third-order valence-electron chi connectivity index (χ3n) is 3.65. The lowest BCUT2D eigenvalue weighted by molar-refractivity contribution is 0.863. The van der Waals surface area contributed by atoms with E-state index in [1.807, 2.05) is 42.0 Å². The molecule has 1 atom stereocenters. The monoisotopic (exact) mass is 291 g/mol. The summed E-state index contributed by atoms with van der Waals surface area (Å²) >= 11 is 1.68. The average molecular weight is 291 g/mol. The number of aromatic nitrogens is 2. The number of nitrogens with two attached hydrogens (primary N) is 1. The van der Waals surface area contributed by atoms with Crippen molar-refractivity contribution in [2.24, 2.45) is 5.73 Å². The Labute approximate surface area is 126 Å². The predicted octanol–water partition coefficient (Wildman–Crippen LogP) is 3.89. The number of hydrogen-bond donors (Lipinski definition) is 1. The van der Waals surface area contributed by atoms with Gasteiger partial charge in [-0.05, 0) is 40.8 Å². The Kier molecular flexibility index (Phi) is 2.91. The average Bonchev–Trinajstić information content (AvgIpc) is 3.01. The highest BCUT2D eigenvalue weighted by molar-refractivity contribution is 7.17. The van der Waals surface area contributed by atoms with Crippen LogP contribution in [0, 0.1) is 0 Å². The van der Waals surface area contributed by atoms with E-state index in [4.69, 9.17) is 5.73 Å². The van der Waals surface area contributed by atoms with Crippen LogP contribution in [0.1, 0.15) is 17.2 Å². The number of thiophene rings is 1. The second-order valence-electron chi connectivity index (χ2n) is 5.01. The fourth-order valence-electron chi connectivity index (χ4n) is 2.48. The van der Waals surface area contributed by atoms with Gasteiger partial charge in [0.25, 0.3) is 0 Å². The highest BCUT2D eigenvalue weighted by Gasteiger charge is 2.11. The third-order valence-corrected chi connectivity index (χ3v) is 4.51. The van der Waals surface area contributed by atoms with Crippen molar-refractivity contribution in [1.29, 1.82) is 0 Å². The molecular formula is C17H13N3S. The van der Waals surface area contributed by atoms with E-state index in [0.717, 1.165) is 32.2 Å². The molecule has 0 radical (unpaired) electrons. The molecule has 0 amide bonds. The van der Waals surface area contributed by atoms with Gasteiger partial charge in [0.05, 0.1) is 21.8 Å². The van der Waals surface area contributed by atoms with Crippen LogP contribution in [0.5, 0.6) is 0 Å². The molecule has 4 rings (SSSR count). The molecule has 0 fully saturated rings. The second-order valence-corrected chi connectivity index (χ2v) is 5.96. The van der Waals surface area contributed by atoms with Crippen molar-refractivity contribution in [3.05, 3.63) is 71.4 Å². The number of nitrogens with zero attached hydrogens (tertiary/aromatic N) is 2. The van der Waals surface area contributed by atoms with Crippen molar-refractivity contribution < 1.29 is 0 Å². The standard InChI is InChI=1S/C17H13N3S/c18-17(13-8-16-15(20-10-13)5-6-21-16)12-7-11-3-1-2-4-14(11)19-9-12/h1-10,17H,18H2. The van der Waals surface area contributed by atoms with Gasteiger partial charge in [-0.15, -0.1) is 11.3 Å². The van der Waals surface area contributed by atoms with E-state index in [0.29, 0.717) is 0 Å². The van der Waals surface area contributed by atoms with Crippen LogP contribution in [0.2, 0.25) is 0 Å². The number of fused-ring (bicyclic) bond motifs is 2. The molecule has 0 saturated carbocycles. The van der Waals surface area contributed by atoms with Gasteiger partial charge in [0.1, 0.15) is 0 Å². The number of pyridine rings is 2. The minimum absolute atomic E-state index is 0.207. The van der Waals surface area contributed by atoms with Crippen LogP contribution in [-0.2, 0) is 0 Å². The molecule has 102 valence electrons. The van der Waals surface area contributed by atoms with E-state index in [9.17, 15) is 0 Å². The van der Waals surface area contributed by atoms with Crippen molar-refractivity contribution in [3.63, 3.8) is 0 Å². The van der Waals surface area contributed by atoms with Crippen LogP contribution in [0.25, 0.3) is 21.1 Å². The lowest BCUT2D eigenvalue weighted by Gasteiger charge is -2.12. The molecular weight excluding hydrogens is 278 g/mol. The van der Waals surface area contributed by atoms with Gasteiger partial charge in [-0.1, -0.05) is 18.2 Å². The van der Waals surface area contributed by atoms with Gasteiger partial charge in [0.15, 0.2) is 0 Å². The maximum absolute atomic E-state index is 6.39. The van der Waals surface area contributed by atoms with Crippen molar-refractivity contribution in [1.82, 2.24) is 9.97 Å². The summed E-state index contributed by atoms with van der Waals surface area (Å²) in [6.07, 6.45) is 3.71. The van der Waals surface area contributed by atoms with Gasteiger partial charge >= 0.3 is 0 Å². The Morgan fingerprint density at radius 3 is 2.57 bits per heavy atom. The molecule has 0 aliphatic rings. The first kappa shape index (κ1) is 12.4. The quantitative estimate of drug-likeness (QED) is 0.609. The van der Waals surface area contributed by atoms with Crippen LogP contribution in [-0.4, -0.2) is 9.97 Å². The Bertz CT molecular complexity index is 929. The third kappa shape index (κ3) is 2.18. The smallest absolute Gasteiger partial charge is 0.0809 e. The molecule has 0 saturated heterocycles. The van der Waals surface area contributed by atoms with Crippen LogP contribution >= 0.6 is 11.3 Å². The van der Waals surface area contributed by atoms with Gasteiger partial charge < -0.3 is 5.73 Å². The first-order chi connectivity index (χ1) is 10.3. The molecule has 4 heteroatoms. The molecule has 21 heavy (non-hydrogen) atoms. The van der Waals surface area contributed by atoms with Gasteiger partial charge in [-0.25, -0.2) is 0 Å². The second kappa shape index (κ2) is 4.91. The fraction of sp³-hybridized carbons (Fsp3) is 0.0588. The summed E-state index contributed by atoms with van der Waals surface area (Å²) in [5, 5.41) is 3.15. The number of benzene rings is 1. The van der Waals surface area contributed by atoms with Gasteiger partial charge in [-0.2, -0.15) is 0 Å². The zero-order valence-electron chi connectivity index (χ0n) is 11.2. The summed E-state index contributed by atoms with van der Waals surface area (Å²) in [7, 11) is 0. The van der Waals surface area contributed by atoms with E-state index < -0.39 is 0 Å². The molecule has 1 unspecified atom stereocenters. The van der Waals surface area contributed by atoms with Crippen LogP contribution in [0.4, 0.5) is 0 Å². The molecule has 0 aliphatic heterocycles. The maximum Gasteiger partial charge on any atom is 0.0809 e. The minimum Gasteiger partial charge on any atom is -0.320 e. The molecule has 1 aromatic carbocycles. The van der Waals surface area contributed by atoms with E-state index in [1.54, 1.807) is 11.3 Å². The van der Waals surface area contributed by atoms with Gasteiger partial charge in [0.2, 0.25) is 0 Å². The van der Waals surface area contributed by atoms with E-state index >= 15 is 0 Å². The Morgan fingerprint density at radius 2 is 1.67 bits per heavy atom. The number of para-hydroxylation sites is 1. The topological polar surface area (TPSA) is 51.8 Å². The van der Waals surface area contributed by atoms with Crippen LogP contribution in [0.15, 0.2) is 60.2 Å². The summed E-state index contributed by atoms with van der Waals surface area (Å²) in [6, 6.07) is 14.1. The lowest BCUT2D eigenvalue weighted by atomic mass is 10.0. The first-order valence-corrected chi connectivity index (χ1v) is 7.63. The molecule has 0 spiro atoms. The molecule has 3 nitrogen and oxygen atoms in total. The van der Waals surface area contributed by atoms with Crippen molar-refractivity contribution in [3.8, 4) is 0 Å². The zero-order chi connectivity index (χ0) is 14.2. The van der Waals surface area contributed by atoms with Gasteiger partial charge in [-0.3, -0.25) is 9.97 Å². The highest BCUT2D eigenvalue weighted by atomic mass is 32.1. The Balaban J connectivity index is 1.79. The maximum atomic E-state index is 6.39. The van der Waals surface area contributed by atoms with E-state index in [-0.39, 0.29) is 6.04 Å². The first-order valence-electron chi connectivity index (χ1n) is 6.75.